The van der Waals surface area contributed by atoms with E-state index in [2.05, 4.69) is 10.3 Å². The largest absolute Gasteiger partial charge is 0.497 e. The Hall–Kier alpha value is -2.27. The molecule has 0 spiro atoms. The Kier molecular flexibility index (Phi) is 4.65. The molecule has 0 saturated carbocycles. The highest BCUT2D eigenvalue weighted by atomic mass is 35.5. The van der Waals surface area contributed by atoms with E-state index in [1.54, 1.807) is 39.4 Å². The second-order valence-corrected chi connectivity index (χ2v) is 4.75. The average Bonchev–Trinajstić information content (AvgIpc) is 2.54. The summed E-state index contributed by atoms with van der Waals surface area (Å²) in [5.41, 5.74) is 0.904. The van der Waals surface area contributed by atoms with Crippen LogP contribution in [0.5, 0.6) is 5.75 Å². The molecule has 0 aliphatic carbocycles. The van der Waals surface area contributed by atoms with E-state index in [1.165, 1.54) is 4.90 Å². The lowest BCUT2D eigenvalue weighted by atomic mass is 10.2. The molecule has 0 fully saturated rings. The molecular weight excluding hydrogens is 290 g/mol. The van der Waals surface area contributed by atoms with E-state index >= 15 is 0 Å². The fourth-order valence-electron chi connectivity index (χ4n) is 1.83. The normalized spacial score (nSPS) is 10.1. The van der Waals surface area contributed by atoms with Gasteiger partial charge in [0.25, 0.3) is 5.91 Å². The number of anilines is 2. The number of amides is 1. The minimum Gasteiger partial charge on any atom is -0.497 e. The molecule has 2 aromatic rings. The van der Waals surface area contributed by atoms with Gasteiger partial charge in [0, 0.05) is 25.8 Å². The Balaban J connectivity index is 2.34. The van der Waals surface area contributed by atoms with Crippen molar-refractivity contribution in [2.75, 3.05) is 31.4 Å². The summed E-state index contributed by atoms with van der Waals surface area (Å²) in [6.45, 7) is 0. The van der Waals surface area contributed by atoms with Crippen LogP contribution in [0.15, 0.2) is 36.4 Å². The van der Waals surface area contributed by atoms with Gasteiger partial charge in [-0.3, -0.25) is 4.79 Å². The lowest BCUT2D eigenvalue weighted by molar-refractivity contribution is 0.0988. The molecule has 1 aromatic heterocycles. The topological polar surface area (TPSA) is 54.5 Å². The second kappa shape index (κ2) is 6.45. The summed E-state index contributed by atoms with van der Waals surface area (Å²) in [5, 5.41) is 3.20. The molecule has 110 valence electrons. The van der Waals surface area contributed by atoms with Gasteiger partial charge < -0.3 is 15.0 Å². The molecule has 5 nitrogen and oxygen atoms in total. The van der Waals surface area contributed by atoms with Gasteiger partial charge in [-0.25, -0.2) is 4.98 Å². The van der Waals surface area contributed by atoms with Crippen LogP contribution >= 0.6 is 11.6 Å². The van der Waals surface area contributed by atoms with Crippen LogP contribution in [0.1, 0.15) is 10.5 Å². The lowest BCUT2D eigenvalue weighted by Gasteiger charge is -2.18. The van der Waals surface area contributed by atoms with Gasteiger partial charge in [-0.1, -0.05) is 17.7 Å². The Morgan fingerprint density at radius 1 is 1.33 bits per heavy atom. The van der Waals surface area contributed by atoms with Crippen LogP contribution in [0, 0.1) is 0 Å². The number of aromatic nitrogens is 1. The molecule has 1 N–H and O–H groups in total. The SMILES string of the molecule is CNc1ccc(Cl)c(C(=O)N(C)c2cccc(OC)c2)n1. The first-order chi connectivity index (χ1) is 10.1. The van der Waals surface area contributed by atoms with E-state index < -0.39 is 0 Å². The minimum absolute atomic E-state index is 0.203. The van der Waals surface area contributed by atoms with Crippen molar-refractivity contribution < 1.29 is 9.53 Å². The first kappa shape index (κ1) is 15.1. The molecule has 0 bridgehead atoms. The van der Waals surface area contributed by atoms with Crippen molar-refractivity contribution in [3.05, 3.63) is 47.1 Å². The highest BCUT2D eigenvalue weighted by Crippen LogP contribution is 2.24. The van der Waals surface area contributed by atoms with Crippen molar-refractivity contribution in [2.24, 2.45) is 0 Å². The van der Waals surface area contributed by atoms with E-state index in [-0.39, 0.29) is 11.6 Å². The van der Waals surface area contributed by atoms with Gasteiger partial charge in [-0.05, 0) is 24.3 Å². The maximum atomic E-state index is 12.5. The number of pyridine rings is 1. The van der Waals surface area contributed by atoms with E-state index in [0.717, 1.165) is 0 Å². The minimum atomic E-state index is -0.287. The predicted molar refractivity (Wildman–Crippen MR) is 84.5 cm³/mol. The van der Waals surface area contributed by atoms with Crippen LogP contribution in [-0.4, -0.2) is 32.1 Å². The summed E-state index contributed by atoms with van der Waals surface area (Å²) in [7, 11) is 4.98. The molecule has 1 heterocycles. The number of halogens is 1. The lowest BCUT2D eigenvalue weighted by Crippen LogP contribution is -2.27. The zero-order chi connectivity index (χ0) is 15.4. The van der Waals surface area contributed by atoms with Crippen LogP contribution in [0.4, 0.5) is 11.5 Å². The molecule has 0 aliphatic heterocycles. The second-order valence-electron chi connectivity index (χ2n) is 4.34. The van der Waals surface area contributed by atoms with Crippen molar-refractivity contribution in [1.82, 2.24) is 4.98 Å². The third-order valence-corrected chi connectivity index (χ3v) is 3.35. The molecule has 21 heavy (non-hydrogen) atoms. The van der Waals surface area contributed by atoms with Crippen LogP contribution in [0.3, 0.4) is 0 Å². The summed E-state index contributed by atoms with van der Waals surface area (Å²) in [6, 6.07) is 10.6. The first-order valence-corrected chi connectivity index (χ1v) is 6.71. The van der Waals surface area contributed by atoms with Crippen molar-refractivity contribution in [3.8, 4) is 5.75 Å². The number of ether oxygens (including phenoxy) is 1. The van der Waals surface area contributed by atoms with Crippen molar-refractivity contribution in [2.45, 2.75) is 0 Å². The monoisotopic (exact) mass is 305 g/mol. The van der Waals surface area contributed by atoms with Gasteiger partial charge in [0.1, 0.15) is 17.3 Å². The van der Waals surface area contributed by atoms with Gasteiger partial charge in [-0.15, -0.1) is 0 Å². The zero-order valence-electron chi connectivity index (χ0n) is 12.1. The first-order valence-electron chi connectivity index (χ1n) is 6.33. The van der Waals surface area contributed by atoms with Gasteiger partial charge in [0.15, 0.2) is 0 Å². The Labute approximate surface area is 128 Å². The molecule has 1 amide bonds. The number of carbonyl (C=O) groups excluding carboxylic acids is 1. The molecule has 2 rings (SSSR count). The van der Waals surface area contributed by atoms with E-state index in [0.29, 0.717) is 22.3 Å². The fourth-order valence-corrected chi connectivity index (χ4v) is 2.01. The number of hydrogen-bond acceptors (Lipinski definition) is 4. The van der Waals surface area contributed by atoms with Crippen LogP contribution in [-0.2, 0) is 0 Å². The van der Waals surface area contributed by atoms with Crippen molar-refractivity contribution in [3.63, 3.8) is 0 Å². The van der Waals surface area contributed by atoms with Crippen molar-refractivity contribution >= 4 is 29.0 Å². The maximum absolute atomic E-state index is 12.5. The molecule has 0 atom stereocenters. The maximum Gasteiger partial charge on any atom is 0.278 e. The van der Waals surface area contributed by atoms with E-state index in [1.807, 2.05) is 18.2 Å². The van der Waals surface area contributed by atoms with Crippen molar-refractivity contribution in [1.29, 1.82) is 0 Å². The van der Waals surface area contributed by atoms with E-state index in [9.17, 15) is 4.79 Å². The molecule has 1 aromatic carbocycles. The summed E-state index contributed by atoms with van der Waals surface area (Å²) in [4.78, 5) is 18.2. The number of methoxy groups -OCH3 is 1. The van der Waals surface area contributed by atoms with Crippen LogP contribution in [0.2, 0.25) is 5.02 Å². The number of carbonyl (C=O) groups is 1. The fraction of sp³-hybridized carbons (Fsp3) is 0.200. The predicted octanol–water partition coefficient (Wildman–Crippen LogP) is 3.06. The number of rotatable bonds is 4. The zero-order valence-corrected chi connectivity index (χ0v) is 12.8. The Bertz CT molecular complexity index is 661. The van der Waals surface area contributed by atoms with E-state index in [4.69, 9.17) is 16.3 Å². The standard InChI is InChI=1S/C15H16ClN3O2/c1-17-13-8-7-12(16)14(18-13)15(20)19(2)10-5-4-6-11(9-10)21-3/h4-9H,1-3H3,(H,17,18). The van der Waals surface area contributed by atoms with Gasteiger partial charge in [0.05, 0.1) is 12.1 Å². The summed E-state index contributed by atoms with van der Waals surface area (Å²) in [6.07, 6.45) is 0. The Morgan fingerprint density at radius 3 is 2.76 bits per heavy atom. The van der Waals surface area contributed by atoms with Gasteiger partial charge in [0.2, 0.25) is 0 Å². The highest BCUT2D eigenvalue weighted by molar-refractivity contribution is 6.34. The third kappa shape index (κ3) is 3.25. The smallest absolute Gasteiger partial charge is 0.278 e. The summed E-state index contributed by atoms with van der Waals surface area (Å²) in [5.74, 6) is 0.974. The molecule has 0 radical (unpaired) electrons. The molecule has 6 heteroatoms. The average molecular weight is 306 g/mol. The summed E-state index contributed by atoms with van der Waals surface area (Å²) < 4.78 is 5.16. The number of nitrogens with one attached hydrogen (secondary N) is 1. The van der Waals surface area contributed by atoms with Gasteiger partial charge >= 0.3 is 0 Å². The molecule has 0 saturated heterocycles. The number of hydrogen-bond donors (Lipinski definition) is 1. The van der Waals surface area contributed by atoms with Gasteiger partial charge in [-0.2, -0.15) is 0 Å². The molecular formula is C15H16ClN3O2. The third-order valence-electron chi connectivity index (χ3n) is 3.05. The quantitative estimate of drug-likeness (QED) is 0.943. The van der Waals surface area contributed by atoms with Crippen LogP contribution < -0.4 is 15.0 Å². The number of benzene rings is 1. The highest BCUT2D eigenvalue weighted by Gasteiger charge is 2.19. The molecule has 0 aliphatic rings. The van der Waals surface area contributed by atoms with Crippen LogP contribution in [0.25, 0.3) is 0 Å². The Morgan fingerprint density at radius 2 is 2.10 bits per heavy atom. The summed E-state index contributed by atoms with van der Waals surface area (Å²) >= 11 is 6.08. The number of nitrogens with zero attached hydrogens (tertiary/aromatic N) is 2. The molecule has 0 unspecified atom stereocenters.